The highest BCUT2D eigenvalue weighted by Gasteiger charge is 2.41. The Hall–Kier alpha value is -11.8. The number of aromatic hydroxyl groups is 1. The normalized spacial score (nSPS) is 18.2. The first-order valence-electron chi connectivity index (χ1n) is 49.0. The molecule has 4 amide bonds. The molecule has 11 rings (SSSR count). The smallest absolute Gasteiger partial charge is 0.222 e. The van der Waals surface area contributed by atoms with Crippen LogP contribution in [0.1, 0.15) is 98.5 Å². The summed E-state index contributed by atoms with van der Waals surface area (Å²) in [6, 6.07) is 34.1. The number of pyridine rings is 1. The molecular weight excluding hydrogens is 1920 g/mol. The Morgan fingerprint density at radius 3 is 1.43 bits per heavy atom. The molecule has 0 spiro atoms. The van der Waals surface area contributed by atoms with E-state index in [2.05, 4.69) is 62.6 Å². The highest BCUT2D eigenvalue weighted by atomic mass is 19.1. The highest BCUT2D eigenvalue weighted by Crippen LogP contribution is 2.35. The number of nitrogens with zero attached hydrogens (tertiary/aromatic N) is 8. The number of nitrogens with one attached hydrogen (secondary N) is 7. The van der Waals surface area contributed by atoms with Crippen molar-refractivity contribution in [1.82, 2.24) is 56.2 Å². The minimum Gasteiger partial charge on any atom is -0.505 e. The number of phenolic OH excluding ortho intramolecular Hbond substituents is 1. The zero-order valence-electron chi connectivity index (χ0n) is 83.1. The van der Waals surface area contributed by atoms with E-state index < -0.39 is 77.9 Å². The molecule has 47 heteroatoms. The average Bonchev–Trinajstić information content (AvgIpc) is 1.80. The maximum atomic E-state index is 14.3. The van der Waals surface area contributed by atoms with Gasteiger partial charge in [-0.15, -0.1) is 10.2 Å². The molecule has 16 N–H and O–H groups in total. The Kier molecular flexibility index (Phi) is 50.2. The van der Waals surface area contributed by atoms with Gasteiger partial charge in [-0.05, 0) is 98.5 Å². The second-order valence-corrected chi connectivity index (χ2v) is 34.3. The third kappa shape index (κ3) is 38.4. The standard InChI is InChI=1S/C100H139FN16O30/c1-129-72-11-4-8-69(59-72)108-79(91(102)97-94(126)84(119)24-40-145-97)21-34-132-46-52-138-55-49-135-43-30-104-87(122)27-37-141-64-100(110-90(125)14-7-33-144-75-17-19-77-67(58-75)15-18-78(109-77)80(111-103)63-107-68-16-20-83(118)76(101)60-68,65-142-38-28-88(123)105-31-44-136-50-56-139-53-47-133-35-22-81-92(98-95(127)85(120)25-41-146-98)112-114-116(81)70-9-5-12-73(61-70)130-2)66-143-39-29-89(124)106-32-45-137-51-57-140-54-48-134-36-23-82-93(99-96(128)86(121)26-42-147-99)113-115-117(82)71-10-6-13-74(62-71)131-3/h4-6,8-13,15-20,58-63,84-86,94-99,103,107-108,118-121,126-128H,7,14,21-57,64-66,102H2,1-3H3,(H,104,122)(H,105,123)(H,106,124)(H,110,125)/b80-63-,91-79-,111-103?/t84-,85-,86-,94-,95-,96-,97-,98-,99-/m1/s1. The Morgan fingerprint density at radius 2 is 0.939 bits per heavy atom. The predicted octanol–water partition coefficient (Wildman–Crippen LogP) is 4.48. The number of hydrogen-bond donors (Lipinski definition) is 15. The number of ether oxygens (including phenoxy) is 19. The van der Waals surface area contributed by atoms with Crippen LogP contribution in [0, 0.1) is 11.3 Å². The number of aliphatic hydroxyl groups is 6. The number of benzene rings is 5. The number of fused-ring (bicyclic) bond motifs is 1. The lowest BCUT2D eigenvalue weighted by atomic mass is 9.98. The number of aromatic nitrogens is 7. The van der Waals surface area contributed by atoms with E-state index in [4.69, 9.17) is 101 Å². The summed E-state index contributed by atoms with van der Waals surface area (Å²) >= 11 is 0. The van der Waals surface area contributed by atoms with Crippen LogP contribution in [0.2, 0.25) is 0 Å². The largest absolute Gasteiger partial charge is 0.505 e. The molecule has 5 aromatic carbocycles. The molecule has 0 bridgehead atoms. The van der Waals surface area contributed by atoms with Crippen LogP contribution < -0.4 is 56.6 Å². The van der Waals surface area contributed by atoms with Crippen molar-refractivity contribution >= 4 is 51.6 Å². The van der Waals surface area contributed by atoms with E-state index in [0.29, 0.717) is 110 Å². The SMILES string of the molecule is COc1cccc(N/C(CCOCCOCCOCCNC(=O)CCOCC(COCCC(=O)NCCOCCOCCOCCc2c([C@H]3OCC[C@@H](O)[C@H]3O)nnn2-c2cccc(OC)c2)(COCCC(=O)NCCOCCOCCOCCc2c([C@H]3OCC[C@@H](O)[C@H]3O)nnn2-c2cccc(OC)c2)NC(=O)CCCOc2ccc3nc(/C(=C/Nc4ccc(O)c(F)c4)N=N)ccc3c2)=C(\N)[C@H]2OCC[C@@H](O)[C@H]2O)c1. The summed E-state index contributed by atoms with van der Waals surface area (Å²) in [5, 5.41) is 113. The predicted molar refractivity (Wildman–Crippen MR) is 528 cm³/mol. The number of rotatable bonds is 71. The van der Waals surface area contributed by atoms with Crippen molar-refractivity contribution in [3.8, 4) is 40.1 Å². The number of halogens is 1. The third-order valence-electron chi connectivity index (χ3n) is 23.5. The van der Waals surface area contributed by atoms with Gasteiger partial charge in [0.05, 0.1) is 264 Å². The van der Waals surface area contributed by atoms with Crippen LogP contribution in [0.3, 0.4) is 0 Å². The molecule has 3 aromatic heterocycles. The van der Waals surface area contributed by atoms with Crippen molar-refractivity contribution in [3.63, 3.8) is 0 Å². The van der Waals surface area contributed by atoms with Crippen molar-refractivity contribution in [2.45, 2.75) is 131 Å². The lowest BCUT2D eigenvalue weighted by Crippen LogP contribution is -2.58. The maximum Gasteiger partial charge on any atom is 0.222 e. The lowest BCUT2D eigenvalue weighted by molar-refractivity contribution is -0.138. The van der Waals surface area contributed by atoms with Crippen LogP contribution in [-0.4, -0.2) is 369 Å². The molecule has 147 heavy (non-hydrogen) atoms. The van der Waals surface area contributed by atoms with Crippen LogP contribution >= 0.6 is 0 Å². The second-order valence-electron chi connectivity index (χ2n) is 34.3. The summed E-state index contributed by atoms with van der Waals surface area (Å²) in [6.45, 7) is 4.04. The van der Waals surface area contributed by atoms with Crippen molar-refractivity contribution < 1.29 is 149 Å². The zero-order valence-corrected chi connectivity index (χ0v) is 83.1. The van der Waals surface area contributed by atoms with E-state index in [0.717, 1.165) is 6.07 Å². The molecule has 6 heterocycles. The number of methoxy groups -OCH3 is 3. The quantitative estimate of drug-likeness (QED) is 0.0142. The summed E-state index contributed by atoms with van der Waals surface area (Å²) < 4.78 is 128. The van der Waals surface area contributed by atoms with Gasteiger partial charge in [-0.1, -0.05) is 34.7 Å². The number of carbonyl (C=O) groups is 4. The fourth-order valence-electron chi connectivity index (χ4n) is 15.6. The Bertz CT molecular complexity index is 5220. The number of aliphatic hydroxyl groups excluding tert-OH is 6. The molecule has 46 nitrogen and oxygen atoms in total. The first-order valence-corrected chi connectivity index (χ1v) is 49.0. The monoisotopic (exact) mass is 2060 g/mol. The summed E-state index contributed by atoms with van der Waals surface area (Å²) in [5.41, 5.74) is 19.1. The molecule has 0 saturated carbocycles. The fourth-order valence-corrected chi connectivity index (χ4v) is 15.6. The van der Waals surface area contributed by atoms with Crippen LogP contribution in [-0.2, 0) is 103 Å². The minimum absolute atomic E-state index is 0.0753. The molecule has 3 saturated heterocycles. The van der Waals surface area contributed by atoms with Crippen LogP contribution in [0.15, 0.2) is 144 Å². The molecule has 0 radical (unpaired) electrons. The number of nitrogens with two attached hydrogens (primary N) is 1. The van der Waals surface area contributed by atoms with E-state index >= 15 is 0 Å². The molecule has 3 aliphatic heterocycles. The number of amides is 4. The average molecular weight is 2060 g/mol. The van der Waals surface area contributed by atoms with Gasteiger partial charge in [0, 0.05) is 118 Å². The lowest BCUT2D eigenvalue weighted by Gasteiger charge is -2.34. The van der Waals surface area contributed by atoms with Gasteiger partial charge in [-0.3, -0.25) is 19.2 Å². The van der Waals surface area contributed by atoms with Crippen LogP contribution in [0.25, 0.3) is 28.0 Å². The number of hydrogen-bond acceptors (Lipinski definition) is 40. The summed E-state index contributed by atoms with van der Waals surface area (Å²) in [4.78, 5) is 59.0. The van der Waals surface area contributed by atoms with Gasteiger partial charge in [-0.25, -0.2) is 24.3 Å². The first kappa shape index (κ1) is 116. The fraction of sp³-hybridized carbons (Fsp3) is 0.550. The number of phenols is 1. The third-order valence-corrected chi connectivity index (χ3v) is 23.5. The molecule has 3 fully saturated rings. The number of carbonyl (C=O) groups excluding carboxylic acids is 4. The van der Waals surface area contributed by atoms with E-state index in [1.54, 1.807) is 97.4 Å². The van der Waals surface area contributed by atoms with E-state index in [-0.39, 0.29) is 285 Å². The van der Waals surface area contributed by atoms with Gasteiger partial charge < -0.3 is 163 Å². The number of anilines is 2. The van der Waals surface area contributed by atoms with Gasteiger partial charge in [-0.2, -0.15) is 5.11 Å². The Morgan fingerprint density at radius 1 is 0.483 bits per heavy atom. The van der Waals surface area contributed by atoms with Gasteiger partial charge in [0.25, 0.3) is 0 Å². The van der Waals surface area contributed by atoms with E-state index in [9.17, 15) is 59.3 Å². The Balaban J connectivity index is 0.643. The summed E-state index contributed by atoms with van der Waals surface area (Å²) in [6.07, 6.45) is -6.28. The molecule has 3 aliphatic rings. The van der Waals surface area contributed by atoms with Gasteiger partial charge >= 0.3 is 0 Å². The molecule has 9 atom stereocenters. The molecule has 0 unspecified atom stereocenters. The molecular formula is C100H139FN16O30. The first-order chi connectivity index (χ1) is 71.6. The topological polar surface area (TPSA) is 594 Å². The van der Waals surface area contributed by atoms with Crippen molar-refractivity contribution in [2.75, 3.05) is 237 Å². The summed E-state index contributed by atoms with van der Waals surface area (Å²) in [5.74, 6) is -0.605. The van der Waals surface area contributed by atoms with Gasteiger partial charge in [0.2, 0.25) is 23.6 Å². The van der Waals surface area contributed by atoms with Crippen molar-refractivity contribution in [3.05, 3.63) is 173 Å². The highest BCUT2D eigenvalue weighted by molar-refractivity contribution is 5.83. The van der Waals surface area contributed by atoms with Crippen LogP contribution in [0.4, 0.5) is 15.8 Å². The Labute approximate surface area is 850 Å². The second kappa shape index (κ2) is 63.8. The van der Waals surface area contributed by atoms with Crippen molar-refractivity contribution in [1.29, 1.82) is 5.53 Å². The maximum absolute atomic E-state index is 14.3. The van der Waals surface area contributed by atoms with Crippen molar-refractivity contribution in [2.24, 2.45) is 10.8 Å². The van der Waals surface area contributed by atoms with Crippen LogP contribution in [0.5, 0.6) is 28.7 Å². The van der Waals surface area contributed by atoms with E-state index in [1.807, 2.05) is 36.4 Å². The summed E-state index contributed by atoms with van der Waals surface area (Å²) in [7, 11) is 4.68. The van der Waals surface area contributed by atoms with Gasteiger partial charge in [0.1, 0.15) is 82.2 Å². The van der Waals surface area contributed by atoms with Gasteiger partial charge in [0.15, 0.2) is 11.6 Å². The molecule has 0 aliphatic carbocycles. The zero-order chi connectivity index (χ0) is 104. The minimum atomic E-state index is -1.48. The molecule has 806 valence electrons. The van der Waals surface area contributed by atoms with E-state index in [1.165, 1.54) is 18.3 Å². The molecule has 8 aromatic rings.